The lowest BCUT2D eigenvalue weighted by Gasteiger charge is -2.35. The first-order chi connectivity index (χ1) is 21.8. The third-order valence-corrected chi connectivity index (χ3v) is 11.5. The Bertz CT molecular complexity index is 2470. The molecule has 9 rings (SSSR count). The fourth-order valence-electron chi connectivity index (χ4n) is 8.41. The minimum atomic E-state index is -0.152. The number of para-hydroxylation sites is 1. The van der Waals surface area contributed by atoms with Crippen LogP contribution in [-0.4, -0.2) is 4.57 Å². The number of hydrogen-bond donors (Lipinski definition) is 0. The van der Waals surface area contributed by atoms with Crippen LogP contribution in [0, 0.1) is 0 Å². The summed E-state index contributed by atoms with van der Waals surface area (Å²) in [5.41, 5.74) is 12.8. The van der Waals surface area contributed by atoms with Gasteiger partial charge in [0.1, 0.15) is 0 Å². The molecule has 2 heteroatoms. The average molecular weight is 598 g/mol. The first-order valence-corrected chi connectivity index (χ1v) is 16.8. The zero-order chi connectivity index (χ0) is 30.7. The molecular weight excluding hydrogens is 563 g/mol. The predicted octanol–water partition coefficient (Wildman–Crippen LogP) is 12.3. The Balaban J connectivity index is 1.55. The van der Waals surface area contributed by atoms with E-state index in [1.807, 2.05) is 11.3 Å². The van der Waals surface area contributed by atoms with Gasteiger partial charge in [-0.25, -0.2) is 0 Å². The Morgan fingerprint density at radius 2 is 1.44 bits per heavy atom. The fourth-order valence-corrected chi connectivity index (χ4v) is 9.49. The number of nitrogens with zero attached hydrogens (tertiary/aromatic N) is 1. The summed E-state index contributed by atoms with van der Waals surface area (Å²) in [6.07, 6.45) is 9.87. The predicted molar refractivity (Wildman–Crippen MR) is 196 cm³/mol. The van der Waals surface area contributed by atoms with Crippen LogP contribution < -0.4 is 0 Å². The first-order valence-electron chi connectivity index (χ1n) is 16.0. The van der Waals surface area contributed by atoms with E-state index in [0.29, 0.717) is 0 Å². The van der Waals surface area contributed by atoms with Gasteiger partial charge in [-0.1, -0.05) is 119 Å². The first kappa shape index (κ1) is 26.7. The Morgan fingerprint density at radius 3 is 2.31 bits per heavy atom. The van der Waals surface area contributed by atoms with Gasteiger partial charge in [-0.15, -0.1) is 11.3 Å². The summed E-state index contributed by atoms with van der Waals surface area (Å²) in [4.78, 5) is 0. The quantitative estimate of drug-likeness (QED) is 0.177. The Labute approximate surface area is 268 Å². The van der Waals surface area contributed by atoms with E-state index in [-0.39, 0.29) is 10.8 Å². The molecule has 45 heavy (non-hydrogen) atoms. The largest absolute Gasteiger partial charge is 0.309 e. The van der Waals surface area contributed by atoms with Gasteiger partial charge >= 0.3 is 0 Å². The number of rotatable bonds is 1. The van der Waals surface area contributed by atoms with Crippen LogP contribution in [0.5, 0.6) is 0 Å². The second-order valence-corrected chi connectivity index (χ2v) is 15.0. The number of benzene rings is 5. The van der Waals surface area contributed by atoms with Crippen LogP contribution in [0.4, 0.5) is 0 Å². The third kappa shape index (κ3) is 3.55. The van der Waals surface area contributed by atoms with E-state index >= 15 is 0 Å². The van der Waals surface area contributed by atoms with Crippen molar-refractivity contribution in [1.82, 2.24) is 4.57 Å². The minimum Gasteiger partial charge on any atom is -0.309 e. The van der Waals surface area contributed by atoms with E-state index in [1.165, 1.54) is 81.0 Å². The molecule has 0 aliphatic heterocycles. The van der Waals surface area contributed by atoms with Crippen molar-refractivity contribution < 1.29 is 0 Å². The number of allylic oxidation sites excluding steroid dienone is 5. The zero-order valence-corrected chi connectivity index (χ0v) is 27.1. The number of aromatic nitrogens is 1. The molecule has 0 atom stereocenters. The van der Waals surface area contributed by atoms with Crippen molar-refractivity contribution in [2.24, 2.45) is 0 Å². The Kier molecular flexibility index (Phi) is 5.45. The maximum atomic E-state index is 4.79. The average Bonchev–Trinajstić information content (AvgIpc) is 3.66. The van der Waals surface area contributed by atoms with E-state index in [0.717, 1.165) is 12.0 Å². The molecule has 2 heterocycles. The molecule has 0 fully saturated rings. The molecule has 0 amide bonds. The highest BCUT2D eigenvalue weighted by molar-refractivity contribution is 7.25. The van der Waals surface area contributed by atoms with E-state index in [1.54, 1.807) is 0 Å². The molecule has 2 aliphatic carbocycles. The molecule has 2 aliphatic rings. The highest BCUT2D eigenvalue weighted by atomic mass is 32.1. The maximum absolute atomic E-state index is 4.79. The Morgan fingerprint density at radius 1 is 0.711 bits per heavy atom. The van der Waals surface area contributed by atoms with Crippen molar-refractivity contribution in [2.75, 3.05) is 0 Å². The summed E-state index contributed by atoms with van der Waals surface area (Å²) in [6.45, 7) is 14.5. The third-order valence-electron chi connectivity index (χ3n) is 10.4. The number of hydrogen-bond acceptors (Lipinski definition) is 1. The lowest BCUT2D eigenvalue weighted by atomic mass is 9.68. The molecule has 0 N–H and O–H groups in total. The monoisotopic (exact) mass is 597 g/mol. The van der Waals surface area contributed by atoms with Crippen LogP contribution in [0.15, 0.2) is 122 Å². The number of fused-ring (bicyclic) bond motifs is 13. The van der Waals surface area contributed by atoms with Gasteiger partial charge in [0.2, 0.25) is 0 Å². The maximum Gasteiger partial charge on any atom is 0.0628 e. The van der Waals surface area contributed by atoms with Crippen molar-refractivity contribution >= 4 is 58.9 Å². The van der Waals surface area contributed by atoms with Gasteiger partial charge in [-0.05, 0) is 75.6 Å². The molecule has 0 saturated carbocycles. The van der Waals surface area contributed by atoms with Crippen molar-refractivity contribution in [2.45, 2.75) is 44.9 Å². The lowest BCUT2D eigenvalue weighted by molar-refractivity contribution is 0.513. The molecule has 0 unspecified atom stereocenters. The molecular formula is C43H35NS. The van der Waals surface area contributed by atoms with Crippen molar-refractivity contribution in [3.8, 4) is 16.8 Å². The summed E-state index contributed by atoms with van der Waals surface area (Å²) < 4.78 is 5.20. The SMILES string of the molecule is C=C1/C=C\C=C/CC(C)(C)c2c3c(c4c5ccccc5n(-c5ccc6sc7ccccc7c6c5)c4c21)-c1ccccc1C3(C)C. The summed E-state index contributed by atoms with van der Waals surface area (Å²) in [6, 6.07) is 34.0. The Hall–Kier alpha value is -4.66. The molecule has 218 valence electrons. The second kappa shape index (κ2) is 9.19. The summed E-state index contributed by atoms with van der Waals surface area (Å²) >= 11 is 1.87. The molecule has 7 aromatic rings. The van der Waals surface area contributed by atoms with Crippen LogP contribution in [0.1, 0.15) is 56.4 Å². The van der Waals surface area contributed by atoms with Gasteiger partial charge in [0, 0.05) is 47.6 Å². The van der Waals surface area contributed by atoms with E-state index in [4.69, 9.17) is 6.58 Å². The summed E-state index contributed by atoms with van der Waals surface area (Å²) in [5, 5.41) is 5.27. The molecule has 0 spiro atoms. The van der Waals surface area contributed by atoms with Crippen molar-refractivity contribution in [1.29, 1.82) is 0 Å². The van der Waals surface area contributed by atoms with Crippen LogP contribution in [0.25, 0.3) is 64.4 Å². The van der Waals surface area contributed by atoms with Gasteiger partial charge in [0.05, 0.1) is 11.0 Å². The van der Waals surface area contributed by atoms with Crippen molar-refractivity contribution in [3.05, 3.63) is 144 Å². The normalized spacial score (nSPS) is 18.0. The highest BCUT2D eigenvalue weighted by Crippen LogP contribution is 2.59. The van der Waals surface area contributed by atoms with Crippen LogP contribution in [-0.2, 0) is 10.8 Å². The molecule has 1 nitrogen and oxygen atoms in total. The zero-order valence-electron chi connectivity index (χ0n) is 26.2. The van der Waals surface area contributed by atoms with Gasteiger partial charge in [-0.2, -0.15) is 0 Å². The molecule has 5 aromatic carbocycles. The molecule has 0 saturated heterocycles. The van der Waals surface area contributed by atoms with Crippen LogP contribution in [0.3, 0.4) is 0 Å². The van der Waals surface area contributed by atoms with E-state index < -0.39 is 0 Å². The number of thiophene rings is 1. The topological polar surface area (TPSA) is 4.93 Å². The van der Waals surface area contributed by atoms with Gasteiger partial charge in [-0.3, -0.25) is 0 Å². The van der Waals surface area contributed by atoms with Crippen LogP contribution in [0.2, 0.25) is 0 Å². The molecule has 2 aromatic heterocycles. The lowest BCUT2D eigenvalue weighted by Crippen LogP contribution is -2.27. The fraction of sp³-hybridized carbons (Fsp3) is 0.163. The smallest absolute Gasteiger partial charge is 0.0628 e. The van der Waals surface area contributed by atoms with Gasteiger partial charge in [0.15, 0.2) is 0 Å². The molecule has 0 radical (unpaired) electrons. The van der Waals surface area contributed by atoms with Gasteiger partial charge < -0.3 is 4.57 Å². The molecule has 0 bridgehead atoms. The van der Waals surface area contributed by atoms with Crippen molar-refractivity contribution in [3.63, 3.8) is 0 Å². The second-order valence-electron chi connectivity index (χ2n) is 13.9. The highest BCUT2D eigenvalue weighted by Gasteiger charge is 2.44. The minimum absolute atomic E-state index is 0.118. The van der Waals surface area contributed by atoms with E-state index in [2.05, 4.69) is 148 Å². The summed E-state index contributed by atoms with van der Waals surface area (Å²) in [5.74, 6) is 0. The summed E-state index contributed by atoms with van der Waals surface area (Å²) in [7, 11) is 0. The van der Waals surface area contributed by atoms with E-state index in [9.17, 15) is 0 Å². The standard InChI is InChI=1S/C43H35NS/c1-26-15-7-6-14-24-42(2,3)39-36(26)41-38(37-29-17-8-11-19-32(29)43(4,5)40(37)39)30-18-9-12-20-33(30)44(41)27-22-23-35-31(25-27)28-16-10-13-21-34(28)45-35/h6-23,25H,1,24H2,2-5H3/b14-6-,15-7-. The van der Waals surface area contributed by atoms with Crippen LogP contribution >= 0.6 is 11.3 Å². The van der Waals surface area contributed by atoms with Gasteiger partial charge in [0.25, 0.3) is 0 Å².